The van der Waals surface area contributed by atoms with E-state index in [0.29, 0.717) is 21.5 Å². The summed E-state index contributed by atoms with van der Waals surface area (Å²) in [5, 5.41) is 8.80. The van der Waals surface area contributed by atoms with Crippen LogP contribution in [0.4, 0.5) is 0 Å². The summed E-state index contributed by atoms with van der Waals surface area (Å²) < 4.78 is 10.7. The Labute approximate surface area is 101 Å². The highest BCUT2D eigenvalue weighted by Crippen LogP contribution is 2.33. The van der Waals surface area contributed by atoms with Crippen molar-refractivity contribution in [3.05, 3.63) is 22.2 Å². The SMILES string of the molecule is COc1cc(C#N)c(Br)cc1OCC(N)=O. The second-order valence-electron chi connectivity index (χ2n) is 2.85. The molecule has 0 heterocycles. The van der Waals surface area contributed by atoms with Gasteiger partial charge in [-0.25, -0.2) is 0 Å². The van der Waals surface area contributed by atoms with Gasteiger partial charge in [0, 0.05) is 10.5 Å². The van der Waals surface area contributed by atoms with Crippen LogP contribution in [0.15, 0.2) is 16.6 Å². The zero-order valence-electron chi connectivity index (χ0n) is 8.49. The number of hydrogen-bond donors (Lipinski definition) is 1. The lowest BCUT2D eigenvalue weighted by Gasteiger charge is -2.10. The van der Waals surface area contributed by atoms with E-state index in [-0.39, 0.29) is 6.61 Å². The first-order valence-electron chi connectivity index (χ1n) is 4.27. The van der Waals surface area contributed by atoms with E-state index in [9.17, 15) is 4.79 Å². The van der Waals surface area contributed by atoms with Crippen molar-refractivity contribution in [1.29, 1.82) is 5.26 Å². The molecule has 84 valence electrons. The Morgan fingerprint density at radius 2 is 2.25 bits per heavy atom. The van der Waals surface area contributed by atoms with E-state index in [1.807, 2.05) is 6.07 Å². The maximum atomic E-state index is 10.6. The van der Waals surface area contributed by atoms with Gasteiger partial charge in [0.1, 0.15) is 6.07 Å². The van der Waals surface area contributed by atoms with E-state index in [1.54, 1.807) is 6.07 Å². The highest BCUT2D eigenvalue weighted by molar-refractivity contribution is 9.10. The third-order valence-electron chi connectivity index (χ3n) is 1.74. The van der Waals surface area contributed by atoms with Gasteiger partial charge in [0.2, 0.25) is 0 Å². The lowest BCUT2D eigenvalue weighted by molar-refractivity contribution is -0.119. The molecule has 1 aromatic carbocycles. The lowest BCUT2D eigenvalue weighted by atomic mass is 10.2. The number of nitrogens with two attached hydrogens (primary N) is 1. The number of carbonyl (C=O) groups excluding carboxylic acids is 1. The topological polar surface area (TPSA) is 85.3 Å². The summed E-state index contributed by atoms with van der Waals surface area (Å²) in [6.07, 6.45) is 0. The Morgan fingerprint density at radius 1 is 1.56 bits per heavy atom. The quantitative estimate of drug-likeness (QED) is 0.900. The number of primary amides is 1. The highest BCUT2D eigenvalue weighted by atomic mass is 79.9. The minimum absolute atomic E-state index is 0.241. The molecule has 2 N–H and O–H groups in total. The van der Waals surface area contributed by atoms with Crippen molar-refractivity contribution in [3.8, 4) is 17.6 Å². The van der Waals surface area contributed by atoms with Gasteiger partial charge in [-0.05, 0) is 22.0 Å². The molecule has 5 nitrogen and oxygen atoms in total. The Bertz CT molecular complexity index is 454. The van der Waals surface area contributed by atoms with E-state index in [1.165, 1.54) is 13.2 Å². The number of nitriles is 1. The van der Waals surface area contributed by atoms with Crippen LogP contribution < -0.4 is 15.2 Å². The van der Waals surface area contributed by atoms with E-state index in [4.69, 9.17) is 20.5 Å². The molecular weight excluding hydrogens is 276 g/mol. The highest BCUT2D eigenvalue weighted by Gasteiger charge is 2.10. The molecule has 0 aliphatic heterocycles. The summed E-state index contributed by atoms with van der Waals surface area (Å²) in [6, 6.07) is 5.06. The summed E-state index contributed by atoms with van der Waals surface area (Å²) in [4.78, 5) is 10.6. The van der Waals surface area contributed by atoms with Gasteiger partial charge in [-0.2, -0.15) is 5.26 Å². The van der Waals surface area contributed by atoms with Crippen LogP contribution in [0.2, 0.25) is 0 Å². The Balaban J connectivity index is 3.04. The molecule has 0 fully saturated rings. The fraction of sp³-hybridized carbons (Fsp3) is 0.200. The van der Waals surface area contributed by atoms with Crippen LogP contribution in [0.25, 0.3) is 0 Å². The van der Waals surface area contributed by atoms with Gasteiger partial charge in [0.25, 0.3) is 5.91 Å². The average Bonchev–Trinajstić information content (AvgIpc) is 2.26. The van der Waals surface area contributed by atoms with Gasteiger partial charge in [-0.3, -0.25) is 4.79 Å². The summed E-state index contributed by atoms with van der Waals surface area (Å²) in [7, 11) is 1.45. The first kappa shape index (κ1) is 12.3. The van der Waals surface area contributed by atoms with Crippen LogP contribution in [-0.2, 0) is 4.79 Å². The molecule has 0 aliphatic rings. The molecule has 0 radical (unpaired) electrons. The predicted octanol–water partition coefficient (Wildman–Crippen LogP) is 1.19. The number of halogens is 1. The number of ether oxygens (including phenoxy) is 2. The largest absolute Gasteiger partial charge is 0.493 e. The molecule has 1 amide bonds. The molecule has 1 aromatic rings. The van der Waals surface area contributed by atoms with E-state index < -0.39 is 5.91 Å². The third kappa shape index (κ3) is 2.87. The van der Waals surface area contributed by atoms with Gasteiger partial charge in [-0.1, -0.05) is 0 Å². The molecule has 0 saturated carbocycles. The molecule has 0 saturated heterocycles. The Kier molecular flexibility index (Phi) is 4.14. The first-order valence-corrected chi connectivity index (χ1v) is 5.06. The van der Waals surface area contributed by atoms with E-state index >= 15 is 0 Å². The zero-order valence-corrected chi connectivity index (χ0v) is 10.1. The van der Waals surface area contributed by atoms with Crippen LogP contribution in [0.1, 0.15) is 5.56 Å². The lowest BCUT2D eigenvalue weighted by Crippen LogP contribution is -2.20. The fourth-order valence-corrected chi connectivity index (χ4v) is 1.45. The van der Waals surface area contributed by atoms with Gasteiger partial charge in [0.15, 0.2) is 18.1 Å². The number of hydrogen-bond acceptors (Lipinski definition) is 4. The minimum Gasteiger partial charge on any atom is -0.493 e. The van der Waals surface area contributed by atoms with Crippen molar-refractivity contribution in [1.82, 2.24) is 0 Å². The van der Waals surface area contributed by atoms with Crippen molar-refractivity contribution in [2.24, 2.45) is 5.73 Å². The maximum absolute atomic E-state index is 10.6. The number of benzene rings is 1. The van der Waals surface area contributed by atoms with Crippen molar-refractivity contribution >= 4 is 21.8 Å². The molecule has 0 atom stereocenters. The van der Waals surface area contributed by atoms with Crippen LogP contribution in [-0.4, -0.2) is 19.6 Å². The van der Waals surface area contributed by atoms with E-state index in [2.05, 4.69) is 15.9 Å². The van der Waals surface area contributed by atoms with Crippen LogP contribution in [0, 0.1) is 11.3 Å². The van der Waals surface area contributed by atoms with Crippen molar-refractivity contribution in [3.63, 3.8) is 0 Å². The van der Waals surface area contributed by atoms with Gasteiger partial charge in [0.05, 0.1) is 12.7 Å². The van der Waals surface area contributed by atoms with Crippen molar-refractivity contribution < 1.29 is 14.3 Å². The molecule has 0 spiro atoms. The molecule has 1 rings (SSSR count). The predicted molar refractivity (Wildman–Crippen MR) is 60.1 cm³/mol. The summed E-state index contributed by atoms with van der Waals surface area (Å²) in [6.45, 7) is -0.241. The molecule has 0 bridgehead atoms. The van der Waals surface area contributed by atoms with Gasteiger partial charge in [-0.15, -0.1) is 0 Å². The summed E-state index contributed by atoms with van der Waals surface area (Å²) >= 11 is 3.20. The second kappa shape index (κ2) is 5.37. The standard InChI is InChI=1S/C10H9BrN2O3/c1-15-8-2-6(4-12)7(11)3-9(8)16-5-10(13)14/h2-3H,5H2,1H3,(H2,13,14). The number of methoxy groups -OCH3 is 1. The van der Waals surface area contributed by atoms with Crippen molar-refractivity contribution in [2.45, 2.75) is 0 Å². The molecule has 16 heavy (non-hydrogen) atoms. The number of nitrogens with zero attached hydrogens (tertiary/aromatic N) is 1. The molecule has 0 unspecified atom stereocenters. The zero-order chi connectivity index (χ0) is 12.1. The summed E-state index contributed by atoms with van der Waals surface area (Å²) in [5.41, 5.74) is 5.38. The minimum atomic E-state index is -0.581. The Morgan fingerprint density at radius 3 is 2.75 bits per heavy atom. The summed E-state index contributed by atoms with van der Waals surface area (Å²) in [5.74, 6) is 0.149. The molecular formula is C10H9BrN2O3. The molecule has 0 aromatic heterocycles. The van der Waals surface area contributed by atoms with Crippen LogP contribution >= 0.6 is 15.9 Å². The molecule has 0 aliphatic carbocycles. The van der Waals surface area contributed by atoms with Gasteiger partial charge < -0.3 is 15.2 Å². The Hall–Kier alpha value is -1.74. The van der Waals surface area contributed by atoms with Crippen LogP contribution in [0.5, 0.6) is 11.5 Å². The van der Waals surface area contributed by atoms with Crippen molar-refractivity contribution in [2.75, 3.05) is 13.7 Å². The normalized spacial score (nSPS) is 9.31. The average molecular weight is 285 g/mol. The fourth-order valence-electron chi connectivity index (χ4n) is 1.04. The smallest absolute Gasteiger partial charge is 0.255 e. The third-order valence-corrected chi connectivity index (χ3v) is 2.40. The van der Waals surface area contributed by atoms with Crippen LogP contribution in [0.3, 0.4) is 0 Å². The first-order chi connectivity index (χ1) is 7.58. The number of carbonyl (C=O) groups is 1. The maximum Gasteiger partial charge on any atom is 0.255 e. The number of rotatable bonds is 4. The monoisotopic (exact) mass is 284 g/mol. The molecule has 6 heteroatoms. The number of amides is 1. The van der Waals surface area contributed by atoms with E-state index in [0.717, 1.165) is 0 Å². The van der Waals surface area contributed by atoms with Gasteiger partial charge >= 0.3 is 0 Å². The second-order valence-corrected chi connectivity index (χ2v) is 3.70.